The van der Waals surface area contributed by atoms with Gasteiger partial charge in [-0.3, -0.25) is 9.59 Å². The van der Waals surface area contributed by atoms with Crippen LogP contribution in [0.25, 0.3) is 0 Å². The Morgan fingerprint density at radius 2 is 2.07 bits per heavy atom. The van der Waals surface area contributed by atoms with Gasteiger partial charge in [0.2, 0.25) is 5.91 Å². The summed E-state index contributed by atoms with van der Waals surface area (Å²) < 4.78 is 0. The minimum absolute atomic E-state index is 0.0639. The van der Waals surface area contributed by atoms with Gasteiger partial charge < -0.3 is 10.2 Å². The number of amides is 2. The van der Waals surface area contributed by atoms with E-state index in [1.54, 1.807) is 6.20 Å². The van der Waals surface area contributed by atoms with Crippen molar-refractivity contribution in [3.05, 3.63) is 23.9 Å². The Morgan fingerprint density at radius 1 is 1.26 bits per heavy atom. The number of rotatable bonds is 6. The van der Waals surface area contributed by atoms with Crippen molar-refractivity contribution in [2.24, 2.45) is 17.8 Å². The molecule has 2 aliphatic carbocycles. The summed E-state index contributed by atoms with van der Waals surface area (Å²) in [5.41, 5.74) is 0.635. The van der Waals surface area contributed by atoms with Crippen LogP contribution in [0.2, 0.25) is 0 Å². The minimum Gasteiger partial charge on any atom is -0.353 e. The maximum atomic E-state index is 12.3. The molecule has 1 saturated heterocycles. The van der Waals surface area contributed by atoms with Crippen LogP contribution < -0.4 is 5.32 Å². The highest BCUT2D eigenvalue weighted by Crippen LogP contribution is 2.49. The summed E-state index contributed by atoms with van der Waals surface area (Å²) in [4.78, 5) is 30.9. The quantitative estimate of drug-likeness (QED) is 0.761. The third kappa shape index (κ3) is 4.31. The van der Waals surface area contributed by atoms with Crippen LogP contribution in [0.5, 0.6) is 0 Å². The molecule has 4 atom stereocenters. The highest BCUT2D eigenvalue weighted by molar-refractivity contribution is 7.99. The second-order valence-corrected chi connectivity index (χ2v) is 9.36. The van der Waals surface area contributed by atoms with Crippen molar-refractivity contribution in [1.29, 1.82) is 0 Å². The van der Waals surface area contributed by atoms with Crippen molar-refractivity contribution in [3.8, 4) is 0 Å². The van der Waals surface area contributed by atoms with E-state index in [2.05, 4.69) is 17.2 Å². The molecule has 1 aromatic heterocycles. The molecule has 3 aliphatic rings. The maximum absolute atomic E-state index is 12.3. The smallest absolute Gasteiger partial charge is 0.255 e. The second kappa shape index (κ2) is 8.21. The number of carbonyl (C=O) groups is 2. The van der Waals surface area contributed by atoms with Crippen LogP contribution in [0.15, 0.2) is 23.4 Å². The van der Waals surface area contributed by atoms with Crippen molar-refractivity contribution < 1.29 is 9.59 Å². The van der Waals surface area contributed by atoms with E-state index in [1.165, 1.54) is 37.4 Å². The number of hydrogen-bond donors (Lipinski definition) is 1. The fourth-order valence-electron chi connectivity index (χ4n) is 5.14. The number of pyridine rings is 1. The molecule has 0 aromatic carbocycles. The summed E-state index contributed by atoms with van der Waals surface area (Å²) in [5.74, 6) is 2.90. The van der Waals surface area contributed by atoms with Crippen LogP contribution >= 0.6 is 11.8 Å². The number of aromatic nitrogens is 1. The maximum Gasteiger partial charge on any atom is 0.255 e. The molecular formula is C21H29N3O2S. The lowest BCUT2D eigenvalue weighted by atomic mass is 9.84. The van der Waals surface area contributed by atoms with Crippen molar-refractivity contribution in [3.63, 3.8) is 0 Å². The third-order valence-electron chi connectivity index (χ3n) is 6.55. The first kappa shape index (κ1) is 18.8. The van der Waals surface area contributed by atoms with Gasteiger partial charge in [-0.2, -0.15) is 0 Å². The average Bonchev–Trinajstić information content (AvgIpc) is 3.44. The zero-order valence-corrected chi connectivity index (χ0v) is 16.8. The van der Waals surface area contributed by atoms with Gasteiger partial charge in [0.05, 0.1) is 16.3 Å². The number of likely N-dealkylation sites (tertiary alicyclic amines) is 1. The standard InChI is InChI=1S/C21H29N3O2S/c1-14(18-11-15-4-5-16(18)10-15)23-19(25)13-27-20-7-6-17(12-22-20)21(26)24-8-2-3-9-24/h6-7,12,14-16,18H,2-5,8-11,13H2,1H3,(H,23,25)/t14-,15+,16+,18-/m1/s1. The molecule has 2 bridgehead atoms. The monoisotopic (exact) mass is 387 g/mol. The summed E-state index contributed by atoms with van der Waals surface area (Å²) in [5, 5.41) is 3.98. The molecule has 0 radical (unpaired) electrons. The van der Waals surface area contributed by atoms with Gasteiger partial charge in [-0.05, 0) is 68.9 Å². The molecule has 2 heterocycles. The molecule has 6 heteroatoms. The van der Waals surface area contributed by atoms with Crippen LogP contribution in [0.3, 0.4) is 0 Å². The second-order valence-electron chi connectivity index (χ2n) is 8.37. The molecule has 3 fully saturated rings. The van der Waals surface area contributed by atoms with Gasteiger partial charge in [0, 0.05) is 25.3 Å². The van der Waals surface area contributed by atoms with Crippen LogP contribution in [0.1, 0.15) is 55.8 Å². The molecule has 0 unspecified atom stereocenters. The highest BCUT2D eigenvalue weighted by atomic mass is 32.2. The largest absolute Gasteiger partial charge is 0.353 e. The predicted octanol–water partition coefficient (Wildman–Crippen LogP) is 3.35. The number of carbonyl (C=O) groups excluding carboxylic acids is 2. The Balaban J connectivity index is 1.23. The highest BCUT2D eigenvalue weighted by Gasteiger charge is 2.42. The number of nitrogens with one attached hydrogen (secondary N) is 1. The molecule has 1 aromatic rings. The Kier molecular flexibility index (Phi) is 5.71. The summed E-state index contributed by atoms with van der Waals surface area (Å²) in [6.45, 7) is 3.84. The lowest BCUT2D eigenvalue weighted by molar-refractivity contribution is -0.119. The van der Waals surface area contributed by atoms with Crippen molar-refractivity contribution in [2.75, 3.05) is 18.8 Å². The van der Waals surface area contributed by atoms with E-state index < -0.39 is 0 Å². The normalized spacial score (nSPS) is 27.7. The Labute approximate surface area is 165 Å². The van der Waals surface area contributed by atoms with Gasteiger partial charge in [-0.1, -0.05) is 18.2 Å². The van der Waals surface area contributed by atoms with E-state index in [9.17, 15) is 9.59 Å². The number of hydrogen-bond acceptors (Lipinski definition) is 4. The summed E-state index contributed by atoms with van der Waals surface area (Å²) >= 11 is 1.43. The molecule has 1 aliphatic heterocycles. The first-order valence-electron chi connectivity index (χ1n) is 10.3. The molecule has 2 saturated carbocycles. The molecular weight excluding hydrogens is 358 g/mol. The van der Waals surface area contributed by atoms with E-state index in [4.69, 9.17) is 0 Å². The predicted molar refractivity (Wildman–Crippen MR) is 107 cm³/mol. The van der Waals surface area contributed by atoms with Crippen LogP contribution in [-0.4, -0.2) is 46.6 Å². The van der Waals surface area contributed by atoms with E-state index in [0.717, 1.165) is 42.8 Å². The van der Waals surface area contributed by atoms with Gasteiger partial charge in [0.1, 0.15) is 0 Å². The summed E-state index contributed by atoms with van der Waals surface area (Å²) in [6.07, 6.45) is 9.19. The zero-order chi connectivity index (χ0) is 18.8. The average molecular weight is 388 g/mol. The minimum atomic E-state index is 0.0639. The van der Waals surface area contributed by atoms with Gasteiger partial charge >= 0.3 is 0 Å². The van der Waals surface area contributed by atoms with Gasteiger partial charge in [-0.15, -0.1) is 0 Å². The molecule has 27 heavy (non-hydrogen) atoms. The molecule has 1 N–H and O–H groups in total. The Hall–Kier alpha value is -1.56. The number of thioether (sulfide) groups is 1. The zero-order valence-electron chi connectivity index (χ0n) is 16.0. The molecule has 2 amide bonds. The van der Waals surface area contributed by atoms with E-state index in [-0.39, 0.29) is 17.9 Å². The fraction of sp³-hybridized carbons (Fsp3) is 0.667. The van der Waals surface area contributed by atoms with E-state index >= 15 is 0 Å². The summed E-state index contributed by atoms with van der Waals surface area (Å²) in [7, 11) is 0. The first-order chi connectivity index (χ1) is 13.1. The lowest BCUT2D eigenvalue weighted by Crippen LogP contribution is -2.40. The fourth-order valence-corrected chi connectivity index (χ4v) is 5.80. The van der Waals surface area contributed by atoms with Crippen molar-refractivity contribution in [2.45, 2.75) is 56.5 Å². The molecule has 4 rings (SSSR count). The summed E-state index contributed by atoms with van der Waals surface area (Å²) in [6, 6.07) is 3.94. The van der Waals surface area contributed by atoms with Gasteiger partial charge in [0.25, 0.3) is 5.91 Å². The number of fused-ring (bicyclic) bond motifs is 2. The Morgan fingerprint density at radius 3 is 2.70 bits per heavy atom. The first-order valence-corrected chi connectivity index (χ1v) is 11.3. The SMILES string of the molecule is C[C@@H](NC(=O)CSc1ccc(C(=O)N2CCCC2)cn1)[C@H]1C[C@H]2CC[C@H]1C2. The van der Waals surface area contributed by atoms with Gasteiger partial charge in [0.15, 0.2) is 0 Å². The topological polar surface area (TPSA) is 62.3 Å². The van der Waals surface area contributed by atoms with Crippen molar-refractivity contribution in [1.82, 2.24) is 15.2 Å². The molecule has 0 spiro atoms. The lowest BCUT2D eigenvalue weighted by Gasteiger charge is -2.28. The number of nitrogens with zero attached hydrogens (tertiary/aromatic N) is 2. The van der Waals surface area contributed by atoms with Crippen LogP contribution in [0.4, 0.5) is 0 Å². The molecule has 5 nitrogen and oxygen atoms in total. The van der Waals surface area contributed by atoms with Crippen LogP contribution in [-0.2, 0) is 4.79 Å². The van der Waals surface area contributed by atoms with E-state index in [1.807, 2.05) is 17.0 Å². The Bertz CT molecular complexity index is 687. The van der Waals surface area contributed by atoms with Gasteiger partial charge in [-0.25, -0.2) is 4.98 Å². The van der Waals surface area contributed by atoms with E-state index in [0.29, 0.717) is 17.2 Å². The van der Waals surface area contributed by atoms with Crippen LogP contribution in [0, 0.1) is 17.8 Å². The third-order valence-corrected chi connectivity index (χ3v) is 7.50. The molecule has 146 valence electrons. The van der Waals surface area contributed by atoms with Crippen molar-refractivity contribution >= 4 is 23.6 Å².